The summed E-state index contributed by atoms with van der Waals surface area (Å²) in [5, 5.41) is 8.76. The van der Waals surface area contributed by atoms with Gasteiger partial charge in [-0.2, -0.15) is 0 Å². The fourth-order valence-corrected chi connectivity index (χ4v) is 2.60. The minimum atomic E-state index is -1.30. The molecule has 2 unspecified atom stereocenters. The average Bonchev–Trinajstić information content (AvgIpc) is 2.82. The van der Waals surface area contributed by atoms with Crippen LogP contribution in [0, 0.1) is 5.92 Å². The molecule has 1 fully saturated rings. The van der Waals surface area contributed by atoms with Crippen LogP contribution in [0.15, 0.2) is 48.3 Å². The molecule has 3 rings (SSSR count). The van der Waals surface area contributed by atoms with E-state index in [1.54, 1.807) is 12.1 Å². The van der Waals surface area contributed by atoms with Crippen molar-refractivity contribution < 1.29 is 19.4 Å². The van der Waals surface area contributed by atoms with Crippen molar-refractivity contribution in [1.29, 1.82) is 0 Å². The first-order chi connectivity index (χ1) is 9.24. The number of allylic oxidation sites excluding steroid dienone is 4. The number of hydrogen-bond donors (Lipinski definition) is 1. The van der Waals surface area contributed by atoms with Crippen molar-refractivity contribution in [2.45, 2.75) is 18.9 Å². The summed E-state index contributed by atoms with van der Waals surface area (Å²) in [7, 11) is 0. The van der Waals surface area contributed by atoms with Crippen molar-refractivity contribution in [3.63, 3.8) is 0 Å². The van der Waals surface area contributed by atoms with Gasteiger partial charge in [-0.3, -0.25) is 0 Å². The second kappa shape index (κ2) is 4.80. The first-order valence-corrected chi connectivity index (χ1v) is 6.27. The van der Waals surface area contributed by atoms with Gasteiger partial charge in [0.2, 0.25) is 0 Å². The van der Waals surface area contributed by atoms with Gasteiger partial charge in [0.15, 0.2) is 0 Å². The minimum Gasteiger partial charge on any atom is -0.490 e. The van der Waals surface area contributed by atoms with E-state index in [1.165, 1.54) is 0 Å². The zero-order valence-corrected chi connectivity index (χ0v) is 10.3. The Balaban J connectivity index is 1.85. The van der Waals surface area contributed by atoms with Gasteiger partial charge in [-0.15, -0.1) is 0 Å². The van der Waals surface area contributed by atoms with E-state index in [2.05, 4.69) is 6.08 Å². The molecule has 1 aromatic rings. The van der Waals surface area contributed by atoms with Crippen LogP contribution in [-0.4, -0.2) is 11.3 Å². The van der Waals surface area contributed by atoms with Crippen molar-refractivity contribution in [2.24, 2.45) is 5.92 Å². The summed E-state index contributed by atoms with van der Waals surface area (Å²) < 4.78 is 10.7. The van der Waals surface area contributed by atoms with Crippen LogP contribution < -0.4 is 4.74 Å². The van der Waals surface area contributed by atoms with Crippen molar-refractivity contribution in [2.75, 3.05) is 0 Å². The second-order valence-corrected chi connectivity index (χ2v) is 4.68. The molecule has 0 amide bonds. The number of para-hydroxylation sites is 1. The maximum atomic E-state index is 10.7. The molecule has 0 aromatic heterocycles. The number of carbonyl (C=O) groups is 1. The molecule has 0 radical (unpaired) electrons. The Hall–Kier alpha value is -2.23. The Kier molecular flexibility index (Phi) is 2.99. The fourth-order valence-electron chi connectivity index (χ4n) is 2.60. The molecular weight excluding hydrogens is 244 g/mol. The van der Waals surface area contributed by atoms with Crippen LogP contribution in [0.25, 0.3) is 0 Å². The van der Waals surface area contributed by atoms with E-state index in [-0.39, 0.29) is 6.10 Å². The van der Waals surface area contributed by atoms with E-state index in [1.807, 2.05) is 24.3 Å². The predicted molar refractivity (Wildman–Crippen MR) is 68.9 cm³/mol. The van der Waals surface area contributed by atoms with Gasteiger partial charge in [0.25, 0.3) is 0 Å². The fraction of sp³-hybridized carbons (Fsp3) is 0.267. The molecule has 0 bridgehead atoms. The molecule has 0 spiro atoms. The summed E-state index contributed by atoms with van der Waals surface area (Å²) in [6, 6.07) is 7.13. The van der Waals surface area contributed by atoms with Gasteiger partial charge in [-0.1, -0.05) is 30.4 Å². The Bertz CT molecular complexity index is 559. The highest BCUT2D eigenvalue weighted by Crippen LogP contribution is 2.44. The number of carboxylic acid groups (broad SMARTS) is 1. The molecule has 98 valence electrons. The zero-order valence-electron chi connectivity index (χ0n) is 10.3. The molecule has 1 saturated heterocycles. The lowest BCUT2D eigenvalue weighted by Crippen LogP contribution is -2.07. The van der Waals surface area contributed by atoms with Crippen molar-refractivity contribution >= 4 is 6.16 Å². The maximum Gasteiger partial charge on any atom is 0.511 e. The molecule has 19 heavy (non-hydrogen) atoms. The topological polar surface area (TPSA) is 55.8 Å². The average molecular weight is 258 g/mol. The van der Waals surface area contributed by atoms with Crippen molar-refractivity contribution in [1.82, 2.24) is 0 Å². The lowest BCUT2D eigenvalue weighted by atomic mass is 9.93. The van der Waals surface area contributed by atoms with Crippen LogP contribution in [0.2, 0.25) is 0 Å². The molecule has 1 aliphatic carbocycles. The van der Waals surface area contributed by atoms with E-state index < -0.39 is 6.16 Å². The van der Waals surface area contributed by atoms with Gasteiger partial charge in [0.1, 0.15) is 17.6 Å². The van der Waals surface area contributed by atoms with Crippen LogP contribution in [0.4, 0.5) is 4.79 Å². The Morgan fingerprint density at radius 1 is 1.37 bits per heavy atom. The molecule has 4 nitrogen and oxygen atoms in total. The van der Waals surface area contributed by atoms with Crippen LogP contribution in [-0.2, 0) is 4.74 Å². The Labute approximate surface area is 111 Å². The van der Waals surface area contributed by atoms with E-state index in [0.29, 0.717) is 11.7 Å². The van der Waals surface area contributed by atoms with Gasteiger partial charge >= 0.3 is 6.16 Å². The third-order valence-electron chi connectivity index (χ3n) is 3.46. The standard InChI is InChI=1S/C15H14O4/c16-15(17)19-13-8-4-2-6-11(13)14-9-10-5-1-3-7-12(10)18-14/h1-4,6-8,10,14H,5,9H2,(H,16,17). The van der Waals surface area contributed by atoms with Crippen LogP contribution in [0.1, 0.15) is 24.5 Å². The van der Waals surface area contributed by atoms with Crippen LogP contribution >= 0.6 is 0 Å². The van der Waals surface area contributed by atoms with E-state index in [0.717, 1.165) is 24.2 Å². The molecule has 1 aliphatic heterocycles. The number of fused-ring (bicyclic) bond motifs is 1. The highest BCUT2D eigenvalue weighted by Gasteiger charge is 2.33. The van der Waals surface area contributed by atoms with Crippen molar-refractivity contribution in [3.05, 3.63) is 53.8 Å². The Morgan fingerprint density at radius 2 is 2.21 bits per heavy atom. The van der Waals surface area contributed by atoms with E-state index in [4.69, 9.17) is 14.6 Å². The Morgan fingerprint density at radius 3 is 3.00 bits per heavy atom. The summed E-state index contributed by atoms with van der Waals surface area (Å²) in [5.41, 5.74) is 0.792. The number of benzene rings is 1. The predicted octanol–water partition coefficient (Wildman–Crippen LogP) is 3.66. The minimum absolute atomic E-state index is 0.133. The maximum absolute atomic E-state index is 10.7. The largest absolute Gasteiger partial charge is 0.511 e. The first-order valence-electron chi connectivity index (χ1n) is 6.27. The van der Waals surface area contributed by atoms with E-state index >= 15 is 0 Å². The van der Waals surface area contributed by atoms with Crippen LogP contribution in [0.5, 0.6) is 5.75 Å². The zero-order chi connectivity index (χ0) is 13.2. The highest BCUT2D eigenvalue weighted by molar-refractivity contribution is 5.62. The number of hydrogen-bond acceptors (Lipinski definition) is 3. The molecule has 4 heteroatoms. The van der Waals surface area contributed by atoms with Gasteiger partial charge < -0.3 is 14.6 Å². The number of ether oxygens (including phenoxy) is 2. The van der Waals surface area contributed by atoms with Crippen molar-refractivity contribution in [3.8, 4) is 5.75 Å². The third kappa shape index (κ3) is 2.34. The third-order valence-corrected chi connectivity index (χ3v) is 3.46. The molecule has 2 atom stereocenters. The van der Waals surface area contributed by atoms with Gasteiger partial charge in [0, 0.05) is 11.5 Å². The normalized spacial score (nSPS) is 24.3. The SMILES string of the molecule is O=C(O)Oc1ccccc1C1CC2CC=CC=C2O1. The lowest BCUT2D eigenvalue weighted by Gasteiger charge is -2.14. The van der Waals surface area contributed by atoms with E-state index in [9.17, 15) is 4.79 Å². The second-order valence-electron chi connectivity index (χ2n) is 4.68. The quantitative estimate of drug-likeness (QED) is 0.649. The molecule has 0 saturated carbocycles. The molecular formula is C15H14O4. The molecule has 1 heterocycles. The summed E-state index contributed by atoms with van der Waals surface area (Å²) in [6.07, 6.45) is 6.50. The van der Waals surface area contributed by atoms with Gasteiger partial charge in [0.05, 0.1) is 0 Å². The summed E-state index contributed by atoms with van der Waals surface area (Å²) in [5.74, 6) is 1.73. The molecule has 1 aromatic carbocycles. The first kappa shape index (κ1) is 11.8. The molecule has 2 aliphatic rings. The summed E-state index contributed by atoms with van der Waals surface area (Å²) >= 11 is 0. The monoisotopic (exact) mass is 258 g/mol. The van der Waals surface area contributed by atoms with Crippen LogP contribution in [0.3, 0.4) is 0 Å². The highest BCUT2D eigenvalue weighted by atomic mass is 16.7. The van der Waals surface area contributed by atoms with Gasteiger partial charge in [-0.05, 0) is 25.0 Å². The summed E-state index contributed by atoms with van der Waals surface area (Å²) in [4.78, 5) is 10.7. The van der Waals surface area contributed by atoms with Gasteiger partial charge in [-0.25, -0.2) is 4.79 Å². The molecule has 1 N–H and O–H groups in total. The summed E-state index contributed by atoms with van der Waals surface area (Å²) in [6.45, 7) is 0. The smallest absolute Gasteiger partial charge is 0.490 e. The number of rotatable bonds is 2. The lowest BCUT2D eigenvalue weighted by molar-refractivity contribution is 0.137.